The van der Waals surface area contributed by atoms with Crippen molar-refractivity contribution in [2.24, 2.45) is 17.8 Å². The second kappa shape index (κ2) is 78.4. The van der Waals surface area contributed by atoms with Crippen molar-refractivity contribution in [3.63, 3.8) is 0 Å². The second-order valence-corrected chi connectivity index (χ2v) is 35.4. The number of aliphatic hydroxyl groups excluding tert-OH is 1. The van der Waals surface area contributed by atoms with Gasteiger partial charge in [-0.15, -0.1) is 0 Å². The van der Waals surface area contributed by atoms with E-state index in [1.807, 2.05) is 0 Å². The van der Waals surface area contributed by atoms with E-state index in [9.17, 15) is 43.2 Å². The van der Waals surface area contributed by atoms with Crippen molar-refractivity contribution in [2.75, 3.05) is 39.6 Å². The monoisotopic (exact) mass is 1570 g/mol. The molecule has 19 heteroatoms. The Labute approximate surface area is 663 Å². The van der Waals surface area contributed by atoms with Crippen LogP contribution in [0.15, 0.2) is 24.3 Å². The molecule has 0 aliphatic heterocycles. The molecule has 0 spiro atoms. The van der Waals surface area contributed by atoms with Gasteiger partial charge in [0.2, 0.25) is 0 Å². The third-order valence-corrected chi connectivity index (χ3v) is 22.5. The second-order valence-electron chi connectivity index (χ2n) is 32.5. The highest BCUT2D eigenvalue weighted by Crippen LogP contribution is 2.45. The van der Waals surface area contributed by atoms with Gasteiger partial charge < -0.3 is 33.8 Å². The topological polar surface area (TPSA) is 237 Å². The lowest BCUT2D eigenvalue weighted by Gasteiger charge is -2.21. The average molecular weight is 1570 g/mol. The SMILES string of the molecule is CCCCCC/C=C\C=C/CCCCCCCC(=O)O[C@H](COC(=O)CCCCCCCCCCCCCCCCCCCCC(C)C)COP(=O)(O)OCC(O)COP(=O)(O)OC[C@@H](COC(=O)CCCCCCCCCC(C)C)OC(=O)CCCCCCCCCCCCCCCCCCCCC(C)CC. The quantitative estimate of drug-likeness (QED) is 0.0169. The Morgan fingerprint density at radius 3 is 0.824 bits per heavy atom. The summed E-state index contributed by atoms with van der Waals surface area (Å²) in [5.74, 6) is 0.261. The molecule has 0 amide bonds. The van der Waals surface area contributed by atoms with E-state index in [-0.39, 0.29) is 25.7 Å². The van der Waals surface area contributed by atoms with E-state index in [1.54, 1.807) is 0 Å². The van der Waals surface area contributed by atoms with Crippen molar-refractivity contribution in [2.45, 2.75) is 465 Å². The Morgan fingerprint density at radius 1 is 0.306 bits per heavy atom. The van der Waals surface area contributed by atoms with Crippen molar-refractivity contribution in [3.8, 4) is 0 Å². The minimum atomic E-state index is -4.97. The van der Waals surface area contributed by atoms with E-state index in [4.69, 9.17) is 37.0 Å². The van der Waals surface area contributed by atoms with Crippen molar-refractivity contribution >= 4 is 39.5 Å². The van der Waals surface area contributed by atoms with Gasteiger partial charge in [-0.1, -0.05) is 394 Å². The van der Waals surface area contributed by atoms with Crippen LogP contribution >= 0.6 is 15.6 Å². The number of ether oxygens (including phenoxy) is 4. The van der Waals surface area contributed by atoms with Crippen molar-refractivity contribution in [1.82, 2.24) is 0 Å². The van der Waals surface area contributed by atoms with E-state index in [1.165, 1.54) is 238 Å². The molecule has 0 aliphatic carbocycles. The standard InChI is InChI=1S/C89H170O17P2/c1-8-10-11-12-13-14-15-16-25-33-38-43-50-58-65-72-88(93)105-84(76-99-86(91)70-63-56-49-42-37-32-28-23-19-17-21-26-30-35-40-46-53-60-67-80(3)4)78-103-107(95,96)101-74-83(90)75-102-108(97,98)104-79-85(77-100-87(92)71-64-57-52-45-47-54-61-68-81(5)6)106-89(94)73-66-59-51-44-39-34-29-24-20-18-22-27-31-36-41-48-55-62-69-82(7)9-2/h14-16,25,80-85,90H,8-13,17-24,26-79H2,1-7H3,(H,95,96)(H,97,98)/b15-14-,25-16-/t82?,83?,84-,85-/m1/s1. The fourth-order valence-corrected chi connectivity index (χ4v) is 14.9. The fraction of sp³-hybridized carbons (Fsp3) is 0.910. The maximum atomic E-state index is 13.1. The molecule has 0 aromatic rings. The van der Waals surface area contributed by atoms with Gasteiger partial charge in [0.15, 0.2) is 12.2 Å². The summed E-state index contributed by atoms with van der Waals surface area (Å²) >= 11 is 0. The van der Waals surface area contributed by atoms with Gasteiger partial charge in [0.25, 0.3) is 0 Å². The van der Waals surface area contributed by atoms with Crippen molar-refractivity contribution < 1.29 is 80.2 Å². The fourth-order valence-electron chi connectivity index (χ4n) is 13.3. The van der Waals surface area contributed by atoms with Gasteiger partial charge in [-0.3, -0.25) is 37.3 Å². The van der Waals surface area contributed by atoms with Crippen molar-refractivity contribution in [3.05, 3.63) is 24.3 Å². The normalized spacial score (nSPS) is 14.2. The number of esters is 4. The van der Waals surface area contributed by atoms with Crippen LogP contribution in [0.25, 0.3) is 0 Å². The lowest BCUT2D eigenvalue weighted by atomic mass is 9.99. The Kier molecular flexibility index (Phi) is 76.6. The number of carbonyl (C=O) groups excluding carboxylic acids is 4. The molecule has 0 rings (SSSR count). The highest BCUT2D eigenvalue weighted by atomic mass is 31.2. The number of rotatable bonds is 85. The van der Waals surface area contributed by atoms with Crippen molar-refractivity contribution in [1.29, 1.82) is 0 Å². The highest BCUT2D eigenvalue weighted by molar-refractivity contribution is 7.47. The number of allylic oxidation sites excluding steroid dienone is 4. The van der Waals surface area contributed by atoms with E-state index in [0.717, 1.165) is 121 Å². The molecule has 638 valence electrons. The van der Waals surface area contributed by atoms with Crippen LogP contribution in [0.4, 0.5) is 0 Å². The predicted molar refractivity (Wildman–Crippen MR) is 446 cm³/mol. The molecule has 3 N–H and O–H groups in total. The van der Waals surface area contributed by atoms with Gasteiger partial charge in [0.1, 0.15) is 19.3 Å². The van der Waals surface area contributed by atoms with Crippen LogP contribution in [-0.4, -0.2) is 96.7 Å². The zero-order valence-electron chi connectivity index (χ0n) is 70.8. The molecule has 6 atom stereocenters. The Balaban J connectivity index is 5.20. The van der Waals surface area contributed by atoms with E-state index < -0.39 is 97.5 Å². The summed E-state index contributed by atoms with van der Waals surface area (Å²) in [4.78, 5) is 73.2. The first kappa shape index (κ1) is 106. The third-order valence-electron chi connectivity index (χ3n) is 20.6. The number of hydrogen-bond acceptors (Lipinski definition) is 15. The molecule has 0 aromatic carbocycles. The first-order valence-electron chi connectivity index (χ1n) is 45.2. The lowest BCUT2D eigenvalue weighted by molar-refractivity contribution is -0.161. The number of aliphatic hydroxyl groups is 1. The lowest BCUT2D eigenvalue weighted by Crippen LogP contribution is -2.30. The molecule has 17 nitrogen and oxygen atoms in total. The molecule has 0 fully saturated rings. The summed E-state index contributed by atoms with van der Waals surface area (Å²) in [6, 6.07) is 0. The third kappa shape index (κ3) is 80.2. The average Bonchev–Trinajstić information content (AvgIpc) is 0.900. The molecule has 0 bridgehead atoms. The largest absolute Gasteiger partial charge is 0.472 e. The molecule has 0 aliphatic rings. The highest BCUT2D eigenvalue weighted by Gasteiger charge is 2.30. The van der Waals surface area contributed by atoms with E-state index >= 15 is 0 Å². The smallest absolute Gasteiger partial charge is 0.462 e. The molecule has 108 heavy (non-hydrogen) atoms. The molecule has 0 heterocycles. The molecule has 0 radical (unpaired) electrons. The zero-order chi connectivity index (χ0) is 79.3. The van der Waals surface area contributed by atoms with Crippen LogP contribution in [0.2, 0.25) is 0 Å². The summed E-state index contributed by atoms with van der Waals surface area (Å²) in [6.45, 7) is 12.0. The molecule has 0 saturated heterocycles. The summed E-state index contributed by atoms with van der Waals surface area (Å²) in [7, 11) is -9.94. The summed E-state index contributed by atoms with van der Waals surface area (Å²) in [5, 5.41) is 10.7. The van der Waals surface area contributed by atoms with Crippen LogP contribution in [0.5, 0.6) is 0 Å². The zero-order valence-corrected chi connectivity index (χ0v) is 72.6. The van der Waals surface area contributed by atoms with Crippen LogP contribution in [0, 0.1) is 17.8 Å². The Bertz CT molecular complexity index is 2180. The first-order chi connectivity index (χ1) is 52.3. The first-order valence-corrected chi connectivity index (χ1v) is 48.2. The number of unbranched alkanes of at least 4 members (excludes halogenated alkanes) is 49. The number of hydrogen-bond donors (Lipinski definition) is 3. The Hall–Kier alpha value is -2.46. The minimum Gasteiger partial charge on any atom is -0.462 e. The van der Waals surface area contributed by atoms with E-state index in [2.05, 4.69) is 72.8 Å². The van der Waals surface area contributed by atoms with Gasteiger partial charge in [-0.2, -0.15) is 0 Å². The Morgan fingerprint density at radius 2 is 0.546 bits per heavy atom. The van der Waals surface area contributed by atoms with Gasteiger partial charge in [-0.25, -0.2) is 9.13 Å². The summed E-state index contributed by atoms with van der Waals surface area (Å²) in [6.07, 6.45) is 73.2. The molecule has 0 saturated carbocycles. The molecular weight excluding hydrogens is 1400 g/mol. The number of phosphoric ester groups is 2. The van der Waals surface area contributed by atoms with Crippen LogP contribution in [0.1, 0.15) is 447 Å². The number of phosphoric acid groups is 2. The van der Waals surface area contributed by atoms with Crippen LogP contribution < -0.4 is 0 Å². The molecular formula is C89H170O17P2. The molecule has 4 unspecified atom stereocenters. The van der Waals surface area contributed by atoms with Gasteiger partial charge >= 0.3 is 39.5 Å². The van der Waals surface area contributed by atoms with E-state index in [0.29, 0.717) is 31.6 Å². The molecule has 0 aromatic heterocycles. The predicted octanol–water partition coefficient (Wildman–Crippen LogP) is 26.8. The van der Waals surface area contributed by atoms with Gasteiger partial charge in [0.05, 0.1) is 26.4 Å². The minimum absolute atomic E-state index is 0.0855. The maximum absolute atomic E-state index is 13.1. The summed E-state index contributed by atoms with van der Waals surface area (Å²) < 4.78 is 68.9. The van der Waals surface area contributed by atoms with Crippen LogP contribution in [-0.2, 0) is 65.4 Å². The van der Waals surface area contributed by atoms with Gasteiger partial charge in [-0.05, 0) is 69.1 Å². The maximum Gasteiger partial charge on any atom is 0.472 e. The van der Waals surface area contributed by atoms with Crippen LogP contribution in [0.3, 0.4) is 0 Å². The number of carbonyl (C=O) groups is 4. The summed E-state index contributed by atoms with van der Waals surface area (Å²) in [5.41, 5.74) is 0. The van der Waals surface area contributed by atoms with Gasteiger partial charge in [0, 0.05) is 25.7 Å².